The van der Waals surface area contributed by atoms with Gasteiger partial charge < -0.3 is 15.8 Å². The van der Waals surface area contributed by atoms with E-state index in [1.54, 1.807) is 30.6 Å². The van der Waals surface area contributed by atoms with Gasteiger partial charge in [0.2, 0.25) is 5.91 Å². The Labute approximate surface area is 307 Å². The number of carbonyl (C=O) groups is 2. The number of benzene rings is 5. The lowest BCUT2D eigenvalue weighted by Gasteiger charge is -2.38. The zero-order chi connectivity index (χ0) is 36.4. The van der Waals surface area contributed by atoms with Crippen molar-refractivity contribution in [3.63, 3.8) is 0 Å². The van der Waals surface area contributed by atoms with Crippen molar-refractivity contribution in [1.29, 1.82) is 0 Å². The number of rotatable bonds is 10. The van der Waals surface area contributed by atoms with E-state index < -0.39 is 17.3 Å². The van der Waals surface area contributed by atoms with Crippen LogP contribution in [0.1, 0.15) is 56.9 Å². The number of primary amides is 1. The number of piperidine rings is 1. The summed E-state index contributed by atoms with van der Waals surface area (Å²) in [6.07, 6.45) is 5.70. The molecule has 1 amide bonds. The Kier molecular flexibility index (Phi) is 9.21. The Morgan fingerprint density at radius 2 is 1.43 bits per heavy atom. The first-order valence-electron chi connectivity index (χ1n) is 17.9. The minimum atomic E-state index is -1.12. The van der Waals surface area contributed by atoms with Gasteiger partial charge >= 0.3 is 0 Å². The van der Waals surface area contributed by atoms with Crippen LogP contribution < -0.4 is 11.1 Å². The first-order valence-corrected chi connectivity index (χ1v) is 17.9. The van der Waals surface area contributed by atoms with Crippen molar-refractivity contribution in [1.82, 2.24) is 20.1 Å². The second kappa shape index (κ2) is 14.4. The Hall–Kier alpha value is -6.25. The summed E-state index contributed by atoms with van der Waals surface area (Å²) in [5, 5.41) is 9.86. The van der Waals surface area contributed by atoms with E-state index in [1.165, 1.54) is 6.07 Å². The van der Waals surface area contributed by atoms with E-state index in [-0.39, 0.29) is 23.5 Å². The predicted octanol–water partition coefficient (Wildman–Crippen LogP) is 8.05. The number of amides is 1. The van der Waals surface area contributed by atoms with Crippen LogP contribution in [0.3, 0.4) is 0 Å². The molecule has 1 unspecified atom stereocenters. The van der Waals surface area contributed by atoms with Crippen LogP contribution in [0.2, 0.25) is 0 Å². The number of pyridine rings is 1. The smallest absolute Gasteiger partial charge is 0.249 e. The predicted molar refractivity (Wildman–Crippen MR) is 206 cm³/mol. The van der Waals surface area contributed by atoms with Crippen LogP contribution in [-0.2, 0) is 16.8 Å². The van der Waals surface area contributed by atoms with Crippen LogP contribution in [0.15, 0.2) is 140 Å². The molecule has 2 aromatic heterocycles. The molecule has 0 saturated carbocycles. The maximum absolute atomic E-state index is 16.5. The zero-order valence-corrected chi connectivity index (χ0v) is 29.1. The number of nitrogens with two attached hydrogens (primary N) is 1. The first kappa shape index (κ1) is 33.9. The van der Waals surface area contributed by atoms with Gasteiger partial charge in [0, 0.05) is 53.0 Å². The van der Waals surface area contributed by atoms with Gasteiger partial charge in [-0.1, -0.05) is 109 Å². The monoisotopic (exact) mass is 699 g/mol. The molecule has 0 aliphatic carbocycles. The Bertz CT molecular complexity index is 2310. The lowest BCUT2D eigenvalue weighted by atomic mass is 9.75. The number of hydrogen-bond donors (Lipinski definition) is 2. The van der Waals surface area contributed by atoms with Crippen molar-refractivity contribution >= 4 is 23.1 Å². The Morgan fingerprint density at radius 3 is 1.96 bits per heavy atom. The molecule has 1 fully saturated rings. The van der Waals surface area contributed by atoms with Crippen molar-refractivity contribution in [3.8, 4) is 22.4 Å². The second-order valence-corrected chi connectivity index (χ2v) is 13.4. The minimum absolute atomic E-state index is 0.147. The number of hydrogen-bond acceptors (Lipinski definition) is 5. The molecule has 1 saturated heterocycles. The molecule has 3 N–H and O–H groups in total. The third-order valence-electron chi connectivity index (χ3n) is 10.5. The van der Waals surface area contributed by atoms with Crippen molar-refractivity contribution in [2.45, 2.75) is 30.7 Å². The number of fused-ring (bicyclic) bond motifs is 1. The van der Waals surface area contributed by atoms with Crippen LogP contribution in [0.4, 0.5) is 4.39 Å². The van der Waals surface area contributed by atoms with Crippen molar-refractivity contribution in [3.05, 3.63) is 179 Å². The molecular weight excluding hydrogens is 662 g/mol. The molecule has 1 aliphatic heterocycles. The first-order chi connectivity index (χ1) is 26.1. The summed E-state index contributed by atoms with van der Waals surface area (Å²) in [6, 6.07) is 40.8. The quantitative estimate of drug-likeness (QED) is 0.111. The number of halogens is 1. The summed E-state index contributed by atoms with van der Waals surface area (Å²) < 4.78 is 18.5. The molecule has 1 atom stereocenters. The molecule has 8 heteroatoms. The van der Waals surface area contributed by atoms with Gasteiger partial charge in [-0.15, -0.1) is 0 Å². The molecule has 1 aliphatic rings. The highest BCUT2D eigenvalue weighted by molar-refractivity contribution is 6.13. The third-order valence-corrected chi connectivity index (χ3v) is 10.5. The number of carbonyl (C=O) groups excluding carboxylic acids is 2. The molecule has 8 rings (SSSR count). The molecule has 262 valence electrons. The van der Waals surface area contributed by atoms with E-state index in [0.717, 1.165) is 53.5 Å². The molecule has 0 bridgehead atoms. The highest BCUT2D eigenvalue weighted by Crippen LogP contribution is 2.50. The molecular formula is C45H38FN5O2. The van der Waals surface area contributed by atoms with Crippen molar-refractivity contribution < 1.29 is 14.0 Å². The van der Waals surface area contributed by atoms with E-state index >= 15 is 4.39 Å². The van der Waals surface area contributed by atoms with Gasteiger partial charge in [0.25, 0.3) is 0 Å². The Balaban J connectivity index is 1.71. The molecule has 5 aromatic carbocycles. The van der Waals surface area contributed by atoms with Gasteiger partial charge in [0.15, 0.2) is 0 Å². The summed E-state index contributed by atoms with van der Waals surface area (Å²) >= 11 is 0. The van der Waals surface area contributed by atoms with Gasteiger partial charge in [0.1, 0.15) is 23.3 Å². The number of aldehydes is 1. The number of nitrogens with zero attached hydrogens (tertiary/aromatic N) is 3. The van der Waals surface area contributed by atoms with Gasteiger partial charge in [-0.3, -0.25) is 9.78 Å². The van der Waals surface area contributed by atoms with Crippen molar-refractivity contribution in [2.24, 2.45) is 5.73 Å². The standard InChI is InChI=1S/C45H38FN5O2/c46-37-21-11-10-20-35(37)39-36(24-28-52)40(44(47)53)38(31-13-12-25-49-29-31)41-42(30-22-26-48-27-23-30)50-51(43(39)41)45(32-14-4-1-5-15-32,33-16-6-2-7-17-33)34-18-8-3-9-19-34/h1-11,14-23,26-28,31,49H,12-13,24-25,29H2,(H2,47,53). The summed E-state index contributed by atoms with van der Waals surface area (Å²) in [5.74, 6) is -1.31. The molecule has 53 heavy (non-hydrogen) atoms. The summed E-state index contributed by atoms with van der Waals surface area (Å²) in [7, 11) is 0. The lowest BCUT2D eigenvalue weighted by Crippen LogP contribution is -2.39. The zero-order valence-electron chi connectivity index (χ0n) is 29.1. The summed E-state index contributed by atoms with van der Waals surface area (Å²) in [5.41, 5.74) is 12.0. The van der Waals surface area contributed by atoms with Crippen LogP contribution in [-0.4, -0.2) is 40.0 Å². The fraction of sp³-hybridized carbons (Fsp3) is 0.156. The van der Waals surface area contributed by atoms with Crippen molar-refractivity contribution in [2.75, 3.05) is 13.1 Å². The van der Waals surface area contributed by atoms with Crippen LogP contribution >= 0.6 is 0 Å². The number of nitrogens with one attached hydrogen (secondary N) is 1. The largest absolute Gasteiger partial charge is 0.366 e. The average molecular weight is 700 g/mol. The second-order valence-electron chi connectivity index (χ2n) is 13.4. The van der Waals surface area contributed by atoms with E-state index in [4.69, 9.17) is 10.8 Å². The summed E-state index contributed by atoms with van der Waals surface area (Å²) in [6.45, 7) is 1.44. The number of aromatic nitrogens is 3. The van der Waals surface area contributed by atoms with Gasteiger partial charge in [0.05, 0.1) is 5.52 Å². The van der Waals surface area contributed by atoms with Crippen LogP contribution in [0.25, 0.3) is 33.3 Å². The minimum Gasteiger partial charge on any atom is -0.366 e. The molecule has 7 nitrogen and oxygen atoms in total. The molecule has 0 radical (unpaired) electrons. The van der Waals surface area contributed by atoms with Gasteiger partial charge in [-0.25, -0.2) is 9.07 Å². The maximum atomic E-state index is 16.5. The fourth-order valence-corrected chi connectivity index (χ4v) is 8.35. The van der Waals surface area contributed by atoms with Crippen LogP contribution in [0, 0.1) is 5.82 Å². The van der Waals surface area contributed by atoms with E-state index in [9.17, 15) is 9.59 Å². The molecule has 7 aromatic rings. The SMILES string of the molecule is NC(=O)c1c(CC=O)c(-c2ccccc2F)c2c(c(-c3ccncc3)nn2C(c2ccccc2)(c2ccccc2)c2ccccc2)c1C1CCCNC1. The highest BCUT2D eigenvalue weighted by Gasteiger charge is 2.44. The van der Waals surface area contributed by atoms with Gasteiger partial charge in [-0.05, 0) is 71.3 Å². The topological polar surface area (TPSA) is 103 Å². The highest BCUT2D eigenvalue weighted by atomic mass is 19.1. The average Bonchev–Trinajstić information content (AvgIpc) is 3.60. The van der Waals surface area contributed by atoms with E-state index in [0.29, 0.717) is 34.3 Å². The lowest BCUT2D eigenvalue weighted by molar-refractivity contribution is -0.107. The fourth-order valence-electron chi connectivity index (χ4n) is 8.35. The summed E-state index contributed by atoms with van der Waals surface area (Å²) in [4.78, 5) is 31.0. The van der Waals surface area contributed by atoms with Gasteiger partial charge in [-0.2, -0.15) is 5.10 Å². The third kappa shape index (κ3) is 5.72. The molecule has 0 spiro atoms. The molecule has 3 heterocycles. The maximum Gasteiger partial charge on any atom is 0.249 e. The van der Waals surface area contributed by atoms with E-state index in [2.05, 4.69) is 46.7 Å². The van der Waals surface area contributed by atoms with E-state index in [1.807, 2.05) is 71.4 Å². The Morgan fingerprint density at radius 1 is 0.849 bits per heavy atom. The normalized spacial score (nSPS) is 14.6. The van der Waals surface area contributed by atoms with Crippen LogP contribution in [0.5, 0.6) is 0 Å².